The number of hydrogen-bond donors (Lipinski definition) is 2. The highest BCUT2D eigenvalue weighted by atomic mass is 35.5. The lowest BCUT2D eigenvalue weighted by Crippen LogP contribution is -2.50. The van der Waals surface area contributed by atoms with Gasteiger partial charge in [0.2, 0.25) is 16.0 Å². The van der Waals surface area contributed by atoms with E-state index < -0.39 is 21.5 Å². The largest absolute Gasteiger partial charge is 0.803 e. The Labute approximate surface area is 231 Å². The van der Waals surface area contributed by atoms with Crippen LogP contribution in [0.1, 0.15) is 36.8 Å². The van der Waals surface area contributed by atoms with E-state index in [1.807, 2.05) is 4.90 Å². The fourth-order valence-corrected chi connectivity index (χ4v) is 5.76. The van der Waals surface area contributed by atoms with Crippen molar-refractivity contribution in [2.45, 2.75) is 25.3 Å². The number of rotatable bonds is 8. The number of nitrogens with two attached hydrogens (primary N) is 2. The van der Waals surface area contributed by atoms with Crippen LogP contribution in [-0.2, 0) is 10.0 Å². The van der Waals surface area contributed by atoms with Crippen molar-refractivity contribution in [2.24, 2.45) is 5.73 Å². The number of nitrogen functional groups attached to an aromatic ring is 1. The molecule has 2 aromatic heterocycles. The van der Waals surface area contributed by atoms with Crippen LogP contribution in [0.15, 0.2) is 43.0 Å². The van der Waals surface area contributed by atoms with Crippen molar-refractivity contribution >= 4 is 50.6 Å². The average Bonchev–Trinajstić information content (AvgIpc) is 2.89. The maximum atomic E-state index is 12.4. The van der Waals surface area contributed by atoms with Gasteiger partial charge in [-0.05, 0) is 43.2 Å². The molecule has 0 saturated carbocycles. The molecule has 3 heterocycles. The fraction of sp³-hybridized carbons (Fsp3) is 0.333. The second-order valence-electron chi connectivity index (χ2n) is 8.90. The molecule has 202 valence electrons. The Bertz CT molecular complexity index is 1410. The summed E-state index contributed by atoms with van der Waals surface area (Å²) in [4.78, 5) is 14.5. The normalized spacial score (nSPS) is 15.5. The smallest absolute Gasteiger partial charge is 0.225 e. The van der Waals surface area contributed by atoms with E-state index in [1.54, 1.807) is 26.0 Å². The minimum Gasteiger partial charge on any atom is -0.803 e. The van der Waals surface area contributed by atoms with Crippen molar-refractivity contribution < 1.29 is 13.2 Å². The number of sulfonamides is 1. The number of pyridine rings is 1. The molecule has 0 unspecified atom stereocenters. The number of halogens is 2. The molecule has 0 radical (unpaired) electrons. The Morgan fingerprint density at radius 1 is 1.05 bits per heavy atom. The third kappa shape index (κ3) is 5.84. The third-order valence-electron chi connectivity index (χ3n) is 6.11. The summed E-state index contributed by atoms with van der Waals surface area (Å²) in [6.45, 7) is 4.95. The number of benzene rings is 1. The van der Waals surface area contributed by atoms with Crippen LogP contribution >= 0.6 is 23.2 Å². The van der Waals surface area contributed by atoms with Crippen LogP contribution in [0, 0.1) is 0 Å². The van der Waals surface area contributed by atoms with E-state index in [0.717, 1.165) is 0 Å². The lowest BCUT2D eigenvalue weighted by molar-refractivity contribution is 0.214. The summed E-state index contributed by atoms with van der Waals surface area (Å²) in [7, 11) is -3.31. The van der Waals surface area contributed by atoms with Crippen LogP contribution in [0.4, 0.5) is 11.6 Å². The first-order chi connectivity index (χ1) is 18.0. The van der Waals surface area contributed by atoms with Crippen LogP contribution in [0.3, 0.4) is 0 Å². The van der Waals surface area contributed by atoms with Gasteiger partial charge in [0, 0.05) is 62.2 Å². The molecule has 0 spiro atoms. The lowest BCUT2D eigenvalue weighted by atomic mass is 10.0. The molecule has 14 heteroatoms. The number of piperazine rings is 1. The highest BCUT2D eigenvalue weighted by molar-refractivity contribution is 7.89. The zero-order valence-electron chi connectivity index (χ0n) is 20.8. The quantitative estimate of drug-likeness (QED) is 0.232. The van der Waals surface area contributed by atoms with E-state index in [0.29, 0.717) is 60.3 Å². The molecule has 0 amide bonds. The van der Waals surface area contributed by atoms with E-state index in [-0.39, 0.29) is 15.8 Å². The summed E-state index contributed by atoms with van der Waals surface area (Å²) in [5, 5.41) is 11.0. The van der Waals surface area contributed by atoms with Crippen LogP contribution in [0.2, 0.25) is 10.0 Å². The molecule has 1 aliphatic heterocycles. The molecular formula is C24H27Cl2N8O3S-. The Kier molecular flexibility index (Phi) is 8.38. The predicted molar refractivity (Wildman–Crippen MR) is 149 cm³/mol. The van der Waals surface area contributed by atoms with E-state index in [2.05, 4.69) is 15.0 Å². The Morgan fingerprint density at radius 2 is 1.66 bits per heavy atom. The summed E-state index contributed by atoms with van der Waals surface area (Å²) < 4.78 is 32.1. The topological polar surface area (TPSA) is 163 Å². The van der Waals surface area contributed by atoms with Gasteiger partial charge in [0.1, 0.15) is 5.75 Å². The van der Waals surface area contributed by atoms with Gasteiger partial charge in [-0.2, -0.15) is 4.31 Å². The second kappa shape index (κ2) is 11.4. The summed E-state index contributed by atoms with van der Waals surface area (Å²) >= 11 is 12.3. The predicted octanol–water partition coefficient (Wildman–Crippen LogP) is 3.06. The van der Waals surface area contributed by atoms with Gasteiger partial charge in [0.05, 0.1) is 15.3 Å². The zero-order chi connectivity index (χ0) is 27.6. The molecule has 3 aromatic rings. The highest BCUT2D eigenvalue weighted by Gasteiger charge is 2.30. The van der Waals surface area contributed by atoms with Gasteiger partial charge in [0.15, 0.2) is 6.23 Å². The van der Waals surface area contributed by atoms with Crippen LogP contribution in [0.5, 0.6) is 5.75 Å². The molecule has 1 saturated heterocycles. The van der Waals surface area contributed by atoms with Crippen molar-refractivity contribution in [1.29, 1.82) is 0 Å². The Hall–Kier alpha value is -3.03. The molecule has 1 fully saturated rings. The van der Waals surface area contributed by atoms with Crippen molar-refractivity contribution in [2.75, 3.05) is 36.8 Å². The van der Waals surface area contributed by atoms with Crippen molar-refractivity contribution in [3.8, 4) is 5.75 Å². The minimum absolute atomic E-state index is 0.152. The van der Waals surface area contributed by atoms with Gasteiger partial charge in [-0.3, -0.25) is 10.7 Å². The molecule has 4 N–H and O–H groups in total. The molecule has 38 heavy (non-hydrogen) atoms. The SMILES string of the molecule is CC(C)S(=O)(=O)N1CCN(c2ncc(C(=[N-])c3cc(O[C@H](N)c4c(Cl)cncc4Cl)ccc3N)cn2)CC1. The standard InChI is InChI=1S/C24H27Cl2N8O3S/c1-14(2)38(35,36)34-7-5-33(6-8-34)24-31-10-15(11-32-24)22(28)17-9-16(3-4-20(17)27)37-23(29)21-18(25)12-30-13-19(21)26/h3-4,9-14,23H,5-8,27,29H2,1-2H3/q-1/t23-/m0/s1. The highest BCUT2D eigenvalue weighted by Crippen LogP contribution is 2.31. The molecule has 1 aromatic carbocycles. The summed E-state index contributed by atoms with van der Waals surface area (Å²) in [5.41, 5.74) is 13.4. The van der Waals surface area contributed by atoms with Gasteiger partial charge in [0.25, 0.3) is 0 Å². The maximum absolute atomic E-state index is 12.4. The van der Waals surface area contributed by atoms with Gasteiger partial charge < -0.3 is 20.8 Å². The van der Waals surface area contributed by atoms with Gasteiger partial charge in [-0.15, -0.1) is 5.71 Å². The Morgan fingerprint density at radius 3 is 2.24 bits per heavy atom. The molecular weight excluding hydrogens is 551 g/mol. The van der Waals surface area contributed by atoms with E-state index >= 15 is 0 Å². The molecule has 0 bridgehead atoms. The molecule has 1 atom stereocenters. The average molecular weight is 579 g/mol. The number of nitrogens with zero attached hydrogens (tertiary/aromatic N) is 6. The van der Waals surface area contributed by atoms with Crippen LogP contribution in [-0.4, -0.2) is 64.8 Å². The molecule has 11 nitrogen and oxygen atoms in total. The first kappa shape index (κ1) is 28.0. The first-order valence-corrected chi connectivity index (χ1v) is 14.0. The van der Waals surface area contributed by atoms with Gasteiger partial charge in [-0.25, -0.2) is 18.4 Å². The zero-order valence-corrected chi connectivity index (χ0v) is 23.1. The summed E-state index contributed by atoms with van der Waals surface area (Å²) in [6, 6.07) is 4.72. The monoisotopic (exact) mass is 577 g/mol. The minimum atomic E-state index is -3.31. The summed E-state index contributed by atoms with van der Waals surface area (Å²) in [6.07, 6.45) is 4.79. The van der Waals surface area contributed by atoms with Gasteiger partial charge in [-0.1, -0.05) is 23.2 Å². The number of aromatic nitrogens is 3. The second-order valence-corrected chi connectivity index (χ2v) is 12.2. The lowest BCUT2D eigenvalue weighted by Gasteiger charge is -2.34. The van der Waals surface area contributed by atoms with Gasteiger partial charge >= 0.3 is 0 Å². The third-order valence-corrected chi connectivity index (χ3v) is 8.99. The Balaban J connectivity index is 1.46. The van der Waals surface area contributed by atoms with Crippen LogP contribution in [0.25, 0.3) is 5.41 Å². The number of ether oxygens (including phenoxy) is 1. The molecule has 1 aliphatic rings. The van der Waals surface area contributed by atoms with Crippen molar-refractivity contribution in [3.63, 3.8) is 0 Å². The maximum Gasteiger partial charge on any atom is 0.225 e. The number of hydrogen-bond acceptors (Lipinski definition) is 9. The van der Waals surface area contributed by atoms with Crippen molar-refractivity contribution in [3.05, 3.63) is 75.1 Å². The van der Waals surface area contributed by atoms with Crippen molar-refractivity contribution in [1.82, 2.24) is 19.3 Å². The van der Waals surface area contributed by atoms with E-state index in [1.165, 1.54) is 35.2 Å². The first-order valence-electron chi connectivity index (χ1n) is 11.7. The molecule has 4 rings (SSSR count). The number of anilines is 2. The summed E-state index contributed by atoms with van der Waals surface area (Å²) in [5.74, 6) is 0.759. The van der Waals surface area contributed by atoms with Crippen LogP contribution < -0.4 is 21.1 Å². The van der Waals surface area contributed by atoms with E-state index in [9.17, 15) is 13.8 Å². The fourth-order valence-electron chi connectivity index (χ4n) is 3.92. The molecule has 0 aliphatic carbocycles. The van der Waals surface area contributed by atoms with E-state index in [4.69, 9.17) is 39.4 Å².